The smallest absolute Gasteiger partial charge is 0.219 e. The first-order chi connectivity index (χ1) is 15.5. The zero-order chi connectivity index (χ0) is 22.1. The van der Waals surface area contributed by atoms with Crippen molar-refractivity contribution in [2.24, 2.45) is 7.05 Å². The Morgan fingerprint density at radius 1 is 1.19 bits per heavy atom. The highest BCUT2D eigenvalue weighted by molar-refractivity contribution is 6.30. The van der Waals surface area contributed by atoms with Crippen LogP contribution in [0.3, 0.4) is 0 Å². The average Bonchev–Trinajstić information content (AvgIpc) is 3.07. The molecule has 1 aliphatic heterocycles. The van der Waals surface area contributed by atoms with Gasteiger partial charge in [0, 0.05) is 43.2 Å². The van der Waals surface area contributed by atoms with E-state index in [-0.39, 0.29) is 12.4 Å². The lowest BCUT2D eigenvalue weighted by Gasteiger charge is -2.27. The number of imidazole rings is 1. The predicted molar refractivity (Wildman–Crippen MR) is 122 cm³/mol. The van der Waals surface area contributed by atoms with Crippen molar-refractivity contribution in [3.63, 3.8) is 0 Å². The van der Waals surface area contributed by atoms with Gasteiger partial charge in [-0.15, -0.1) is 0 Å². The van der Waals surface area contributed by atoms with E-state index in [4.69, 9.17) is 21.1 Å². The summed E-state index contributed by atoms with van der Waals surface area (Å²) in [7, 11) is 1.93. The molecule has 0 saturated carbocycles. The third kappa shape index (κ3) is 4.32. The minimum atomic E-state index is -0.378. The molecule has 164 valence electrons. The van der Waals surface area contributed by atoms with Crippen LogP contribution in [0.1, 0.15) is 5.56 Å². The minimum Gasteiger partial charge on any atom is -0.439 e. The molecule has 2 aromatic heterocycles. The molecule has 32 heavy (non-hydrogen) atoms. The molecule has 0 unspecified atom stereocenters. The van der Waals surface area contributed by atoms with E-state index < -0.39 is 0 Å². The quantitative estimate of drug-likeness (QED) is 0.411. The van der Waals surface area contributed by atoms with E-state index in [1.165, 1.54) is 12.3 Å². The molecular weight excluding hydrogens is 433 g/mol. The van der Waals surface area contributed by atoms with Crippen molar-refractivity contribution < 1.29 is 13.9 Å². The first kappa shape index (κ1) is 20.5. The number of nitrogens with zero attached hydrogens (tertiary/aromatic N) is 3. The number of aromatic nitrogens is 3. The second-order valence-electron chi connectivity index (χ2n) is 7.60. The van der Waals surface area contributed by atoms with Gasteiger partial charge >= 0.3 is 0 Å². The fourth-order valence-electron chi connectivity index (χ4n) is 3.44. The number of ether oxygens (including phenoxy) is 2. The molecule has 0 bridgehead atoms. The van der Waals surface area contributed by atoms with Crippen molar-refractivity contribution >= 4 is 34.3 Å². The van der Waals surface area contributed by atoms with Crippen LogP contribution >= 0.6 is 11.6 Å². The number of anilines is 2. The zero-order valence-corrected chi connectivity index (χ0v) is 18.1. The van der Waals surface area contributed by atoms with Gasteiger partial charge in [0.25, 0.3) is 0 Å². The van der Waals surface area contributed by atoms with Crippen LogP contribution < -0.4 is 15.4 Å². The van der Waals surface area contributed by atoms with Gasteiger partial charge in [-0.05, 0) is 30.3 Å². The normalized spacial score (nSPS) is 13.7. The maximum absolute atomic E-state index is 14.6. The molecule has 1 fully saturated rings. The number of hydrogen-bond donors (Lipinski definition) is 2. The van der Waals surface area contributed by atoms with Crippen molar-refractivity contribution in [3.8, 4) is 11.6 Å². The number of rotatable bonds is 7. The van der Waals surface area contributed by atoms with E-state index >= 15 is 0 Å². The van der Waals surface area contributed by atoms with Crippen LogP contribution in [0.5, 0.6) is 11.6 Å². The van der Waals surface area contributed by atoms with Crippen LogP contribution in [0.4, 0.5) is 16.0 Å². The number of halogens is 2. The lowest BCUT2D eigenvalue weighted by Crippen LogP contribution is -2.40. The number of nitrogens with one attached hydrogen (secondary N) is 2. The van der Waals surface area contributed by atoms with E-state index in [0.29, 0.717) is 34.2 Å². The highest BCUT2D eigenvalue weighted by Gasteiger charge is 2.18. The molecule has 7 nitrogen and oxygen atoms in total. The van der Waals surface area contributed by atoms with Gasteiger partial charge in [-0.1, -0.05) is 17.7 Å². The van der Waals surface area contributed by atoms with Gasteiger partial charge in [0.15, 0.2) is 0 Å². The SMILES string of the molecule is Cn1c(NCc2ccc(Oc3ccc(Cl)cn3)cc2F)nc2ccc(NC3COC3)cc21. The van der Waals surface area contributed by atoms with E-state index in [2.05, 4.69) is 26.7 Å². The summed E-state index contributed by atoms with van der Waals surface area (Å²) in [6.45, 7) is 1.73. The molecule has 0 amide bonds. The first-order valence-electron chi connectivity index (χ1n) is 10.2. The maximum Gasteiger partial charge on any atom is 0.219 e. The molecule has 1 aliphatic rings. The van der Waals surface area contributed by atoms with Crippen molar-refractivity contribution in [2.45, 2.75) is 12.6 Å². The van der Waals surface area contributed by atoms with Crippen molar-refractivity contribution in [3.05, 3.63) is 71.1 Å². The van der Waals surface area contributed by atoms with Crippen LogP contribution in [-0.2, 0) is 18.3 Å². The first-order valence-corrected chi connectivity index (χ1v) is 10.6. The Labute approximate surface area is 189 Å². The number of benzene rings is 2. The fourth-order valence-corrected chi connectivity index (χ4v) is 3.56. The fraction of sp³-hybridized carbons (Fsp3) is 0.217. The second kappa shape index (κ2) is 8.64. The van der Waals surface area contributed by atoms with Gasteiger partial charge in [0.2, 0.25) is 11.8 Å². The summed E-state index contributed by atoms with van der Waals surface area (Å²) < 4.78 is 27.4. The second-order valence-corrected chi connectivity index (χ2v) is 8.04. The molecule has 0 aliphatic carbocycles. The monoisotopic (exact) mass is 453 g/mol. The molecule has 0 radical (unpaired) electrons. The van der Waals surface area contributed by atoms with Crippen LogP contribution in [-0.4, -0.2) is 33.8 Å². The molecule has 2 aromatic carbocycles. The topological polar surface area (TPSA) is 73.2 Å². The zero-order valence-electron chi connectivity index (χ0n) is 17.3. The van der Waals surface area contributed by atoms with Gasteiger partial charge in [0.05, 0.1) is 35.3 Å². The summed E-state index contributed by atoms with van der Waals surface area (Å²) in [5.41, 5.74) is 3.38. The van der Waals surface area contributed by atoms with E-state index in [9.17, 15) is 4.39 Å². The van der Waals surface area contributed by atoms with Crippen molar-refractivity contribution in [1.29, 1.82) is 0 Å². The molecule has 4 aromatic rings. The Morgan fingerprint density at radius 2 is 2.06 bits per heavy atom. The van der Waals surface area contributed by atoms with Crippen molar-refractivity contribution in [1.82, 2.24) is 14.5 Å². The number of pyridine rings is 1. The molecule has 1 saturated heterocycles. The lowest BCUT2D eigenvalue weighted by atomic mass is 10.2. The van der Waals surface area contributed by atoms with Crippen LogP contribution in [0.25, 0.3) is 11.0 Å². The molecule has 9 heteroatoms. The highest BCUT2D eigenvalue weighted by atomic mass is 35.5. The summed E-state index contributed by atoms with van der Waals surface area (Å²) in [4.78, 5) is 8.68. The minimum absolute atomic E-state index is 0.285. The number of fused-ring (bicyclic) bond motifs is 1. The molecular formula is C23H21ClFN5O2. The summed E-state index contributed by atoms with van der Waals surface area (Å²) in [6.07, 6.45) is 1.48. The summed E-state index contributed by atoms with van der Waals surface area (Å²) in [5.74, 6) is 0.991. The summed E-state index contributed by atoms with van der Waals surface area (Å²) in [5, 5.41) is 7.17. The Kier molecular flexibility index (Phi) is 5.55. The summed E-state index contributed by atoms with van der Waals surface area (Å²) >= 11 is 5.82. The Balaban J connectivity index is 1.27. The standard InChI is InChI=1S/C23H21ClFN5O2/c1-30-21-8-16(28-17-12-31-13-17)4-6-20(21)29-23(30)27-10-14-2-5-18(9-19(14)25)32-22-7-3-15(24)11-26-22/h2-9,11,17,28H,10,12-13H2,1H3,(H,27,29). The Bertz CT molecular complexity index is 1260. The van der Waals surface area contributed by atoms with E-state index in [1.54, 1.807) is 24.3 Å². The molecule has 3 heterocycles. The number of aryl methyl sites for hydroxylation is 1. The van der Waals surface area contributed by atoms with Crippen LogP contribution in [0, 0.1) is 5.82 Å². The third-order valence-electron chi connectivity index (χ3n) is 5.27. The van der Waals surface area contributed by atoms with E-state index in [0.717, 1.165) is 29.9 Å². The third-order valence-corrected chi connectivity index (χ3v) is 5.50. The lowest BCUT2D eigenvalue weighted by molar-refractivity contribution is 0.0211. The molecule has 2 N–H and O–H groups in total. The molecule has 0 atom stereocenters. The van der Waals surface area contributed by atoms with Crippen molar-refractivity contribution in [2.75, 3.05) is 23.8 Å². The Hall–Kier alpha value is -3.36. The molecule has 0 spiro atoms. The Morgan fingerprint density at radius 3 is 2.78 bits per heavy atom. The summed E-state index contributed by atoms with van der Waals surface area (Å²) in [6, 6.07) is 14.4. The van der Waals surface area contributed by atoms with Gasteiger partial charge in [0.1, 0.15) is 11.6 Å². The van der Waals surface area contributed by atoms with Crippen LogP contribution in [0.2, 0.25) is 5.02 Å². The van der Waals surface area contributed by atoms with Gasteiger partial charge in [-0.25, -0.2) is 14.4 Å². The van der Waals surface area contributed by atoms with Gasteiger partial charge < -0.3 is 24.7 Å². The number of hydrogen-bond acceptors (Lipinski definition) is 6. The van der Waals surface area contributed by atoms with E-state index in [1.807, 2.05) is 23.7 Å². The average molecular weight is 454 g/mol. The predicted octanol–water partition coefficient (Wildman–Crippen LogP) is 4.98. The highest BCUT2D eigenvalue weighted by Crippen LogP contribution is 2.26. The van der Waals surface area contributed by atoms with Gasteiger partial charge in [-0.3, -0.25) is 0 Å². The van der Waals surface area contributed by atoms with Crippen LogP contribution in [0.15, 0.2) is 54.7 Å². The molecule has 5 rings (SSSR count). The largest absolute Gasteiger partial charge is 0.439 e. The maximum atomic E-state index is 14.6. The van der Waals surface area contributed by atoms with Gasteiger partial charge in [-0.2, -0.15) is 0 Å².